The van der Waals surface area contributed by atoms with Gasteiger partial charge in [0.2, 0.25) is 0 Å². The Hall–Kier alpha value is -1.97. The molecular weight excluding hydrogens is 180 g/mol. The SMILES string of the molecule is COC(=O)c1cncc2cnccc12. The summed E-state index contributed by atoms with van der Waals surface area (Å²) in [6.07, 6.45) is 6.45. The predicted octanol–water partition coefficient (Wildman–Crippen LogP) is 1.42. The standard InChI is InChI=1S/C10H8N2O2/c1-14-10(13)9-6-12-5-7-4-11-3-2-8(7)9/h2-6H,1H3. The van der Waals surface area contributed by atoms with Crippen molar-refractivity contribution in [3.05, 3.63) is 36.4 Å². The van der Waals surface area contributed by atoms with Gasteiger partial charge in [0.25, 0.3) is 0 Å². The van der Waals surface area contributed by atoms with Gasteiger partial charge in [-0.25, -0.2) is 4.79 Å². The zero-order valence-corrected chi connectivity index (χ0v) is 7.60. The fourth-order valence-electron chi connectivity index (χ4n) is 1.29. The maximum absolute atomic E-state index is 11.3. The van der Waals surface area contributed by atoms with Crippen molar-refractivity contribution in [2.75, 3.05) is 7.11 Å². The van der Waals surface area contributed by atoms with Gasteiger partial charge in [-0.2, -0.15) is 0 Å². The van der Waals surface area contributed by atoms with Crippen LogP contribution in [0.3, 0.4) is 0 Å². The lowest BCUT2D eigenvalue weighted by atomic mass is 10.1. The van der Waals surface area contributed by atoms with E-state index >= 15 is 0 Å². The lowest BCUT2D eigenvalue weighted by Gasteiger charge is -2.02. The molecule has 2 rings (SSSR count). The largest absolute Gasteiger partial charge is 0.465 e. The van der Waals surface area contributed by atoms with Gasteiger partial charge in [0.05, 0.1) is 12.7 Å². The van der Waals surface area contributed by atoms with Crippen LogP contribution in [0, 0.1) is 0 Å². The molecule has 2 heterocycles. The molecule has 14 heavy (non-hydrogen) atoms. The van der Waals surface area contributed by atoms with Crippen molar-refractivity contribution in [2.45, 2.75) is 0 Å². The molecule has 70 valence electrons. The highest BCUT2D eigenvalue weighted by molar-refractivity contribution is 6.03. The Labute approximate surface area is 80.6 Å². The van der Waals surface area contributed by atoms with E-state index in [0.717, 1.165) is 10.8 Å². The fraction of sp³-hybridized carbons (Fsp3) is 0.100. The third-order valence-corrected chi connectivity index (χ3v) is 1.96. The number of hydrogen-bond acceptors (Lipinski definition) is 4. The first-order valence-corrected chi connectivity index (χ1v) is 4.09. The normalized spacial score (nSPS) is 10.1. The zero-order chi connectivity index (χ0) is 9.97. The van der Waals surface area contributed by atoms with Crippen molar-refractivity contribution in [2.24, 2.45) is 0 Å². The van der Waals surface area contributed by atoms with E-state index in [1.807, 2.05) is 0 Å². The molecule has 0 bridgehead atoms. The maximum atomic E-state index is 11.3. The molecule has 0 spiro atoms. The zero-order valence-electron chi connectivity index (χ0n) is 7.60. The lowest BCUT2D eigenvalue weighted by Crippen LogP contribution is -2.02. The highest BCUT2D eigenvalue weighted by atomic mass is 16.5. The van der Waals surface area contributed by atoms with E-state index in [2.05, 4.69) is 14.7 Å². The minimum Gasteiger partial charge on any atom is -0.465 e. The number of esters is 1. The number of ether oxygens (including phenoxy) is 1. The van der Waals surface area contributed by atoms with E-state index in [-0.39, 0.29) is 5.97 Å². The van der Waals surface area contributed by atoms with Gasteiger partial charge in [0.1, 0.15) is 0 Å². The molecule has 0 radical (unpaired) electrons. The predicted molar refractivity (Wildman–Crippen MR) is 50.9 cm³/mol. The molecule has 2 aromatic heterocycles. The quantitative estimate of drug-likeness (QED) is 0.635. The van der Waals surface area contributed by atoms with Crippen LogP contribution in [0.2, 0.25) is 0 Å². The number of hydrogen-bond donors (Lipinski definition) is 0. The van der Waals surface area contributed by atoms with Gasteiger partial charge in [-0.1, -0.05) is 0 Å². The van der Waals surface area contributed by atoms with Gasteiger partial charge >= 0.3 is 5.97 Å². The summed E-state index contributed by atoms with van der Waals surface area (Å²) in [5.41, 5.74) is 0.465. The number of nitrogens with zero attached hydrogens (tertiary/aromatic N) is 2. The number of methoxy groups -OCH3 is 1. The molecule has 4 nitrogen and oxygen atoms in total. The van der Waals surface area contributed by atoms with Crippen LogP contribution >= 0.6 is 0 Å². The monoisotopic (exact) mass is 188 g/mol. The summed E-state index contributed by atoms with van der Waals surface area (Å²) in [6, 6.07) is 1.77. The van der Waals surface area contributed by atoms with E-state index in [1.54, 1.807) is 24.7 Å². The Bertz CT molecular complexity index is 477. The van der Waals surface area contributed by atoms with Gasteiger partial charge < -0.3 is 4.74 Å². The number of pyridine rings is 2. The highest BCUT2D eigenvalue weighted by Gasteiger charge is 2.09. The number of carbonyl (C=O) groups is 1. The molecule has 0 saturated heterocycles. The molecule has 0 unspecified atom stereocenters. The van der Waals surface area contributed by atoms with Crippen LogP contribution in [0.1, 0.15) is 10.4 Å². The van der Waals surface area contributed by atoms with Crippen LogP contribution in [0.25, 0.3) is 10.8 Å². The molecule has 4 heteroatoms. The van der Waals surface area contributed by atoms with Crippen molar-refractivity contribution in [1.29, 1.82) is 0 Å². The minimum absolute atomic E-state index is 0.380. The Morgan fingerprint density at radius 3 is 2.86 bits per heavy atom. The highest BCUT2D eigenvalue weighted by Crippen LogP contribution is 2.16. The second-order valence-corrected chi connectivity index (χ2v) is 2.78. The Kier molecular flexibility index (Phi) is 2.10. The number of rotatable bonds is 1. The Morgan fingerprint density at radius 1 is 1.29 bits per heavy atom. The Morgan fingerprint density at radius 2 is 2.07 bits per heavy atom. The molecule has 2 aromatic rings. The number of aromatic nitrogens is 2. The summed E-state index contributed by atoms with van der Waals surface area (Å²) in [5.74, 6) is -0.380. The summed E-state index contributed by atoms with van der Waals surface area (Å²) >= 11 is 0. The molecule has 0 fully saturated rings. The van der Waals surface area contributed by atoms with Crippen LogP contribution in [0.4, 0.5) is 0 Å². The smallest absolute Gasteiger partial charge is 0.340 e. The minimum atomic E-state index is -0.380. The molecule has 0 N–H and O–H groups in total. The van der Waals surface area contributed by atoms with Crippen molar-refractivity contribution in [1.82, 2.24) is 9.97 Å². The van der Waals surface area contributed by atoms with Gasteiger partial charge in [-0.3, -0.25) is 9.97 Å². The molecule has 0 atom stereocenters. The third-order valence-electron chi connectivity index (χ3n) is 1.96. The van der Waals surface area contributed by atoms with Crippen molar-refractivity contribution in [3.63, 3.8) is 0 Å². The fourth-order valence-corrected chi connectivity index (χ4v) is 1.29. The van der Waals surface area contributed by atoms with Gasteiger partial charge in [0, 0.05) is 35.6 Å². The van der Waals surface area contributed by atoms with Gasteiger partial charge in [-0.15, -0.1) is 0 Å². The second kappa shape index (κ2) is 3.41. The summed E-state index contributed by atoms with van der Waals surface area (Å²) in [7, 11) is 1.35. The summed E-state index contributed by atoms with van der Waals surface area (Å²) < 4.78 is 4.65. The summed E-state index contributed by atoms with van der Waals surface area (Å²) in [4.78, 5) is 19.2. The Balaban J connectivity index is 2.71. The van der Waals surface area contributed by atoms with Gasteiger partial charge in [-0.05, 0) is 6.07 Å². The van der Waals surface area contributed by atoms with E-state index in [0.29, 0.717) is 5.56 Å². The van der Waals surface area contributed by atoms with Crippen molar-refractivity contribution >= 4 is 16.7 Å². The van der Waals surface area contributed by atoms with Crippen molar-refractivity contribution < 1.29 is 9.53 Å². The van der Waals surface area contributed by atoms with Gasteiger partial charge in [0.15, 0.2) is 0 Å². The molecular formula is C10H8N2O2. The maximum Gasteiger partial charge on any atom is 0.340 e. The van der Waals surface area contributed by atoms with E-state index in [9.17, 15) is 4.79 Å². The first-order valence-electron chi connectivity index (χ1n) is 4.09. The van der Waals surface area contributed by atoms with Crippen LogP contribution in [0.15, 0.2) is 30.9 Å². The molecule has 0 amide bonds. The molecule has 0 aromatic carbocycles. The average molecular weight is 188 g/mol. The van der Waals surface area contributed by atoms with Crippen LogP contribution in [-0.4, -0.2) is 23.0 Å². The number of carbonyl (C=O) groups excluding carboxylic acids is 1. The molecule has 0 aliphatic heterocycles. The van der Waals surface area contributed by atoms with Crippen molar-refractivity contribution in [3.8, 4) is 0 Å². The van der Waals surface area contributed by atoms with Crippen LogP contribution < -0.4 is 0 Å². The van der Waals surface area contributed by atoms with E-state index in [1.165, 1.54) is 13.3 Å². The van der Waals surface area contributed by atoms with Crippen LogP contribution in [-0.2, 0) is 4.74 Å². The molecule has 0 saturated carbocycles. The third kappa shape index (κ3) is 1.31. The van der Waals surface area contributed by atoms with Crippen LogP contribution in [0.5, 0.6) is 0 Å². The first-order chi connectivity index (χ1) is 6.83. The summed E-state index contributed by atoms with van der Waals surface area (Å²) in [5, 5.41) is 1.64. The molecule has 0 aliphatic rings. The average Bonchev–Trinajstić information content (AvgIpc) is 2.27. The second-order valence-electron chi connectivity index (χ2n) is 2.78. The van der Waals surface area contributed by atoms with E-state index < -0.39 is 0 Å². The first kappa shape index (κ1) is 8.62. The number of fused-ring (bicyclic) bond motifs is 1. The lowest BCUT2D eigenvalue weighted by molar-refractivity contribution is 0.0602. The molecule has 0 aliphatic carbocycles. The summed E-state index contributed by atoms with van der Waals surface area (Å²) in [6.45, 7) is 0. The van der Waals surface area contributed by atoms with E-state index in [4.69, 9.17) is 0 Å². The topological polar surface area (TPSA) is 52.1 Å².